The molecule has 1 fully saturated rings. The second kappa shape index (κ2) is 12.3. The van der Waals surface area contributed by atoms with Crippen LogP contribution >= 0.6 is 11.3 Å². The number of halogens is 2. The summed E-state index contributed by atoms with van der Waals surface area (Å²) in [5, 5.41) is 22.6. The molecule has 1 aromatic carbocycles. The van der Waals surface area contributed by atoms with Crippen LogP contribution in [0.4, 0.5) is 8.78 Å². The number of hydrogen-bond donors (Lipinski definition) is 3. The summed E-state index contributed by atoms with van der Waals surface area (Å²) in [7, 11) is 3.05. The average Bonchev–Trinajstić information content (AvgIpc) is 3.43. The molecule has 1 amide bonds. The van der Waals surface area contributed by atoms with Gasteiger partial charge in [-0.05, 0) is 50.8 Å². The monoisotopic (exact) mass is 587 g/mol. The number of carbonyl (C=O) groups excluding carboxylic acids is 2. The molecule has 0 radical (unpaired) electrons. The molecule has 2 heterocycles. The number of rotatable bonds is 9. The van der Waals surface area contributed by atoms with Crippen LogP contribution in [0.25, 0.3) is 10.6 Å². The first-order valence-electron chi connectivity index (χ1n) is 13.0. The van der Waals surface area contributed by atoms with Gasteiger partial charge in [-0.15, -0.1) is 16.8 Å². The lowest BCUT2D eigenvalue weighted by molar-refractivity contribution is -0.149. The number of aromatic hydroxyl groups is 1. The highest BCUT2D eigenvalue weighted by Crippen LogP contribution is 2.40. The van der Waals surface area contributed by atoms with Gasteiger partial charge in [0.05, 0.1) is 24.3 Å². The van der Waals surface area contributed by atoms with Gasteiger partial charge < -0.3 is 19.7 Å². The lowest BCUT2D eigenvalue weighted by Gasteiger charge is -2.49. The van der Waals surface area contributed by atoms with E-state index in [0.29, 0.717) is 24.3 Å². The number of pyridine rings is 1. The Morgan fingerprint density at radius 1 is 1.37 bits per heavy atom. The van der Waals surface area contributed by atoms with Crippen LogP contribution in [0, 0.1) is 23.5 Å². The molecule has 10 nitrogen and oxygen atoms in total. The second-order valence-corrected chi connectivity index (χ2v) is 10.8. The predicted octanol–water partition coefficient (Wildman–Crippen LogP) is 3.62. The number of amides is 1. The fourth-order valence-electron chi connectivity index (χ4n) is 5.42. The van der Waals surface area contributed by atoms with E-state index in [1.807, 2.05) is 0 Å². The minimum atomic E-state index is -0.874. The van der Waals surface area contributed by atoms with Crippen LogP contribution in [-0.2, 0) is 16.0 Å². The van der Waals surface area contributed by atoms with Crippen molar-refractivity contribution in [2.24, 2.45) is 11.8 Å². The Morgan fingerprint density at radius 3 is 2.76 bits per heavy atom. The quantitative estimate of drug-likeness (QED) is 0.196. The zero-order valence-corrected chi connectivity index (χ0v) is 23.7. The van der Waals surface area contributed by atoms with E-state index in [2.05, 4.69) is 27.1 Å². The van der Waals surface area contributed by atoms with Gasteiger partial charge in [0.15, 0.2) is 16.5 Å². The van der Waals surface area contributed by atoms with Crippen LogP contribution in [0.5, 0.6) is 5.75 Å². The summed E-state index contributed by atoms with van der Waals surface area (Å²) < 4.78 is 32.2. The number of methoxy groups -OCH3 is 1. The third-order valence-corrected chi connectivity index (χ3v) is 8.59. The first-order chi connectivity index (χ1) is 19.6. The molecule has 3 N–H and O–H groups in total. The van der Waals surface area contributed by atoms with Crippen molar-refractivity contribution in [1.29, 1.82) is 0 Å². The van der Waals surface area contributed by atoms with Gasteiger partial charge in [0.25, 0.3) is 5.91 Å². The van der Waals surface area contributed by atoms with Crippen LogP contribution in [0.3, 0.4) is 0 Å². The predicted molar refractivity (Wildman–Crippen MR) is 148 cm³/mol. The molecule has 13 heteroatoms. The molecule has 1 aliphatic carbocycles. The van der Waals surface area contributed by atoms with Gasteiger partial charge in [-0.1, -0.05) is 23.5 Å². The first kappa shape index (κ1) is 30.0. The Morgan fingerprint density at radius 2 is 2.12 bits per heavy atom. The molecule has 3 aromatic rings. The van der Waals surface area contributed by atoms with Crippen molar-refractivity contribution in [2.45, 2.75) is 38.3 Å². The fourth-order valence-corrected chi connectivity index (χ4v) is 6.30. The van der Waals surface area contributed by atoms with Crippen molar-refractivity contribution in [2.75, 3.05) is 20.7 Å². The van der Waals surface area contributed by atoms with E-state index in [1.165, 1.54) is 24.3 Å². The number of hydrogen-bond acceptors (Lipinski definition) is 9. The minimum Gasteiger partial charge on any atom is -0.503 e. The smallest absolute Gasteiger partial charge is 0.309 e. The zero-order valence-electron chi connectivity index (χ0n) is 22.9. The largest absolute Gasteiger partial charge is 0.503 e. The first-order valence-corrected chi connectivity index (χ1v) is 13.8. The van der Waals surface area contributed by atoms with Crippen molar-refractivity contribution < 1.29 is 28.2 Å². The standard InChI is InChI=1S/C28H31F2N5O5S/c1-5-15-13-28(31-3,10-9-18(15)27(39)40-4)35(6-2)26(38)22-24(37)23(36)19(14-32-22)25-34-33-21(41-25)11-16-7-8-17(29)12-20(16)30/h5,7-8,12,14-15,18,31,37H,1,6,9-11,13H2,2-4H3,(H,32,36). The number of esters is 1. The summed E-state index contributed by atoms with van der Waals surface area (Å²) in [5.41, 5.74) is -1.79. The number of carbonyl (C=O) groups is 2. The summed E-state index contributed by atoms with van der Waals surface area (Å²) in [6, 6.07) is 3.22. The molecule has 4 rings (SSSR count). The van der Waals surface area contributed by atoms with Gasteiger partial charge in [0, 0.05) is 25.2 Å². The Kier molecular flexibility index (Phi) is 8.98. The highest BCUT2D eigenvalue weighted by atomic mass is 32.1. The van der Waals surface area contributed by atoms with Gasteiger partial charge in [-0.3, -0.25) is 19.7 Å². The Bertz CT molecular complexity index is 1530. The topological polar surface area (TPSA) is 138 Å². The number of ether oxygens (including phenoxy) is 1. The van der Waals surface area contributed by atoms with Gasteiger partial charge in [0.1, 0.15) is 16.6 Å². The van der Waals surface area contributed by atoms with E-state index in [9.17, 15) is 28.3 Å². The maximum absolute atomic E-state index is 14.1. The lowest BCUT2D eigenvalue weighted by Crippen LogP contribution is -2.63. The number of nitrogens with one attached hydrogen (secondary N) is 2. The molecule has 0 bridgehead atoms. The van der Waals surface area contributed by atoms with E-state index in [0.717, 1.165) is 23.5 Å². The normalized spacial score (nSPS) is 20.4. The number of aromatic amines is 1. The van der Waals surface area contributed by atoms with E-state index in [-0.39, 0.29) is 46.7 Å². The molecule has 2 aromatic heterocycles. The molecule has 3 unspecified atom stereocenters. The molecule has 0 saturated heterocycles. The molecular weight excluding hydrogens is 556 g/mol. The summed E-state index contributed by atoms with van der Waals surface area (Å²) in [5.74, 6) is -3.80. The number of allylic oxidation sites excluding steroid dienone is 1. The Balaban J connectivity index is 1.60. The van der Waals surface area contributed by atoms with Gasteiger partial charge >= 0.3 is 5.97 Å². The van der Waals surface area contributed by atoms with Crippen LogP contribution in [0.2, 0.25) is 0 Å². The number of nitrogens with zero attached hydrogens (tertiary/aromatic N) is 3. The molecule has 218 valence electrons. The SMILES string of the molecule is C=CC1CC(NC)(N(CC)C(=O)c2[nH]cc(-c3nnc(Cc4ccc(F)cc4F)s3)c(=O)c2O)CCC1C(=O)OC. The van der Waals surface area contributed by atoms with Crippen LogP contribution in [0.1, 0.15) is 47.2 Å². The molecular formula is C28H31F2N5O5S. The molecule has 0 spiro atoms. The molecule has 3 atom stereocenters. The number of aromatic nitrogens is 3. The van der Waals surface area contributed by atoms with Gasteiger partial charge in [-0.25, -0.2) is 8.78 Å². The van der Waals surface area contributed by atoms with E-state index in [1.54, 1.807) is 20.0 Å². The van der Waals surface area contributed by atoms with Crippen LogP contribution < -0.4 is 10.7 Å². The molecule has 1 aliphatic rings. The molecule has 1 saturated carbocycles. The average molecular weight is 588 g/mol. The van der Waals surface area contributed by atoms with E-state index >= 15 is 0 Å². The minimum absolute atomic E-state index is 0.0148. The Hall–Kier alpha value is -3.97. The van der Waals surface area contributed by atoms with Crippen LogP contribution in [0.15, 0.2) is 41.8 Å². The summed E-state index contributed by atoms with van der Waals surface area (Å²) in [4.78, 5) is 43.5. The summed E-state index contributed by atoms with van der Waals surface area (Å²) in [6.07, 6.45) is 4.23. The highest BCUT2D eigenvalue weighted by molar-refractivity contribution is 7.14. The second-order valence-electron chi connectivity index (χ2n) is 9.77. The fraction of sp³-hybridized carbons (Fsp3) is 0.393. The zero-order chi connectivity index (χ0) is 29.9. The maximum Gasteiger partial charge on any atom is 0.309 e. The van der Waals surface area contributed by atoms with Crippen LogP contribution in [-0.4, -0.2) is 63.4 Å². The third kappa shape index (κ3) is 5.77. The molecule has 41 heavy (non-hydrogen) atoms. The summed E-state index contributed by atoms with van der Waals surface area (Å²) in [6.45, 7) is 5.89. The highest BCUT2D eigenvalue weighted by Gasteiger charge is 2.47. The van der Waals surface area contributed by atoms with Crippen molar-refractivity contribution >= 4 is 23.2 Å². The van der Waals surface area contributed by atoms with E-state index < -0.39 is 40.3 Å². The molecule has 0 aliphatic heterocycles. The van der Waals surface area contributed by atoms with Crippen molar-refractivity contribution in [3.8, 4) is 16.3 Å². The van der Waals surface area contributed by atoms with E-state index in [4.69, 9.17) is 4.74 Å². The third-order valence-electron chi connectivity index (χ3n) is 7.63. The van der Waals surface area contributed by atoms with Crippen molar-refractivity contribution in [3.63, 3.8) is 0 Å². The van der Waals surface area contributed by atoms with Gasteiger partial charge in [0.2, 0.25) is 5.43 Å². The maximum atomic E-state index is 14.1. The Labute approximate surface area is 239 Å². The van der Waals surface area contributed by atoms with Gasteiger partial charge in [-0.2, -0.15) is 0 Å². The number of benzene rings is 1. The van der Waals surface area contributed by atoms with Crippen molar-refractivity contribution in [1.82, 2.24) is 25.4 Å². The van der Waals surface area contributed by atoms with Crippen molar-refractivity contribution in [3.05, 3.63) is 75.2 Å². The lowest BCUT2D eigenvalue weighted by atomic mass is 9.73. The summed E-state index contributed by atoms with van der Waals surface area (Å²) >= 11 is 1.01. The number of H-pyrrole nitrogens is 1.